The Kier molecular flexibility index (Phi) is 6.27. The van der Waals surface area contributed by atoms with Gasteiger partial charge in [0.1, 0.15) is 0 Å². The van der Waals surface area contributed by atoms with Crippen LogP contribution in [0.15, 0.2) is 0 Å². The van der Waals surface area contributed by atoms with Crippen molar-refractivity contribution in [2.45, 2.75) is 19.8 Å². The topological polar surface area (TPSA) is 98.7 Å². The SMILES string of the molecule is CC(=O)NCCNC(=O)CN(CC(=O)O)CC1CC1. The fourth-order valence-corrected chi connectivity index (χ4v) is 1.74. The van der Waals surface area contributed by atoms with Crippen molar-refractivity contribution in [2.75, 3.05) is 32.7 Å². The molecule has 0 unspecified atom stereocenters. The standard InChI is InChI=1S/C12H21N3O4/c1-9(16)13-4-5-14-11(17)7-15(8-12(18)19)6-10-2-3-10/h10H,2-8H2,1H3,(H,13,16)(H,14,17)(H,18,19). The molecule has 19 heavy (non-hydrogen) atoms. The molecule has 0 aromatic heterocycles. The summed E-state index contributed by atoms with van der Waals surface area (Å²) in [5.41, 5.74) is 0. The molecule has 1 aliphatic rings. The quantitative estimate of drug-likeness (QED) is 0.469. The van der Waals surface area contributed by atoms with E-state index in [4.69, 9.17) is 5.11 Å². The summed E-state index contributed by atoms with van der Waals surface area (Å²) in [5.74, 6) is -0.749. The highest BCUT2D eigenvalue weighted by molar-refractivity contribution is 5.79. The maximum absolute atomic E-state index is 11.6. The molecule has 0 saturated heterocycles. The van der Waals surface area contributed by atoms with Gasteiger partial charge in [-0.25, -0.2) is 0 Å². The molecular weight excluding hydrogens is 250 g/mol. The van der Waals surface area contributed by atoms with E-state index in [1.807, 2.05) is 0 Å². The summed E-state index contributed by atoms with van der Waals surface area (Å²) in [6, 6.07) is 0. The first kappa shape index (κ1) is 15.4. The summed E-state index contributed by atoms with van der Waals surface area (Å²) in [5, 5.41) is 14.0. The van der Waals surface area contributed by atoms with Crippen molar-refractivity contribution in [1.82, 2.24) is 15.5 Å². The highest BCUT2D eigenvalue weighted by Crippen LogP contribution is 2.29. The molecule has 7 nitrogen and oxygen atoms in total. The monoisotopic (exact) mass is 271 g/mol. The number of aliphatic carboxylic acids is 1. The Balaban J connectivity index is 2.21. The number of carboxylic acids is 1. The van der Waals surface area contributed by atoms with Gasteiger partial charge in [0.15, 0.2) is 0 Å². The molecule has 0 aromatic rings. The van der Waals surface area contributed by atoms with Crippen LogP contribution in [0.5, 0.6) is 0 Å². The highest BCUT2D eigenvalue weighted by Gasteiger charge is 2.26. The minimum absolute atomic E-state index is 0.0862. The molecule has 0 spiro atoms. The molecule has 2 amide bonds. The Morgan fingerprint density at radius 1 is 1.16 bits per heavy atom. The van der Waals surface area contributed by atoms with E-state index >= 15 is 0 Å². The fourth-order valence-electron chi connectivity index (χ4n) is 1.74. The molecule has 1 rings (SSSR count). The molecule has 0 heterocycles. The lowest BCUT2D eigenvalue weighted by molar-refractivity contribution is -0.138. The van der Waals surface area contributed by atoms with Crippen LogP contribution in [0.1, 0.15) is 19.8 Å². The Morgan fingerprint density at radius 3 is 2.32 bits per heavy atom. The molecule has 0 aromatic carbocycles. The van der Waals surface area contributed by atoms with Gasteiger partial charge in [-0.05, 0) is 18.8 Å². The minimum Gasteiger partial charge on any atom is -0.480 e. The van der Waals surface area contributed by atoms with Gasteiger partial charge in [-0.15, -0.1) is 0 Å². The van der Waals surface area contributed by atoms with E-state index in [1.54, 1.807) is 4.90 Å². The number of amides is 2. The molecule has 7 heteroatoms. The fraction of sp³-hybridized carbons (Fsp3) is 0.750. The lowest BCUT2D eigenvalue weighted by Crippen LogP contribution is -2.42. The van der Waals surface area contributed by atoms with Crippen LogP contribution in [-0.4, -0.2) is 60.5 Å². The van der Waals surface area contributed by atoms with E-state index in [9.17, 15) is 14.4 Å². The minimum atomic E-state index is -0.924. The number of carboxylic acid groups (broad SMARTS) is 1. The van der Waals surface area contributed by atoms with Crippen LogP contribution < -0.4 is 10.6 Å². The first-order valence-electron chi connectivity index (χ1n) is 6.42. The van der Waals surface area contributed by atoms with Crippen LogP contribution >= 0.6 is 0 Å². The summed E-state index contributed by atoms with van der Waals surface area (Å²) in [6.45, 7) is 2.77. The van der Waals surface area contributed by atoms with E-state index in [0.717, 1.165) is 12.8 Å². The zero-order chi connectivity index (χ0) is 14.3. The van der Waals surface area contributed by atoms with Gasteiger partial charge in [0.05, 0.1) is 13.1 Å². The summed E-state index contributed by atoms with van der Waals surface area (Å²) in [6.07, 6.45) is 2.22. The van der Waals surface area contributed by atoms with Crippen LogP contribution in [0, 0.1) is 5.92 Å². The van der Waals surface area contributed by atoms with Crippen molar-refractivity contribution < 1.29 is 19.5 Å². The molecule has 1 aliphatic carbocycles. The molecule has 1 saturated carbocycles. The third kappa shape index (κ3) is 8.15. The summed E-state index contributed by atoms with van der Waals surface area (Å²) in [7, 11) is 0. The maximum Gasteiger partial charge on any atom is 0.317 e. The van der Waals surface area contributed by atoms with Crippen molar-refractivity contribution in [3.63, 3.8) is 0 Å². The number of rotatable bonds is 9. The molecule has 0 radical (unpaired) electrons. The third-order valence-electron chi connectivity index (χ3n) is 2.76. The van der Waals surface area contributed by atoms with Crippen molar-refractivity contribution in [2.24, 2.45) is 5.92 Å². The Bertz CT molecular complexity index is 342. The second kappa shape index (κ2) is 7.73. The number of carbonyl (C=O) groups excluding carboxylic acids is 2. The molecule has 3 N–H and O–H groups in total. The van der Waals surface area contributed by atoms with Crippen molar-refractivity contribution in [3.05, 3.63) is 0 Å². The third-order valence-corrected chi connectivity index (χ3v) is 2.76. The largest absolute Gasteiger partial charge is 0.480 e. The zero-order valence-electron chi connectivity index (χ0n) is 11.1. The number of nitrogens with zero attached hydrogens (tertiary/aromatic N) is 1. The van der Waals surface area contributed by atoms with Crippen LogP contribution in [0.25, 0.3) is 0 Å². The van der Waals surface area contributed by atoms with Gasteiger partial charge in [0.2, 0.25) is 11.8 Å². The van der Waals surface area contributed by atoms with Crippen molar-refractivity contribution >= 4 is 17.8 Å². The second-order valence-corrected chi connectivity index (χ2v) is 4.84. The summed E-state index contributed by atoms with van der Waals surface area (Å²) in [4.78, 5) is 34.6. The van der Waals surface area contributed by atoms with E-state index < -0.39 is 5.97 Å². The number of hydrogen-bond donors (Lipinski definition) is 3. The predicted octanol–water partition coefficient (Wildman–Crippen LogP) is -0.965. The van der Waals surface area contributed by atoms with Gasteiger partial charge in [-0.2, -0.15) is 0 Å². The van der Waals surface area contributed by atoms with Crippen molar-refractivity contribution in [3.8, 4) is 0 Å². The van der Waals surface area contributed by atoms with Gasteiger partial charge in [-0.3, -0.25) is 19.3 Å². The first-order valence-corrected chi connectivity index (χ1v) is 6.42. The first-order chi connectivity index (χ1) is 8.97. The van der Waals surface area contributed by atoms with Gasteiger partial charge >= 0.3 is 5.97 Å². The Hall–Kier alpha value is -1.63. The number of nitrogens with one attached hydrogen (secondary N) is 2. The summed E-state index contributed by atoms with van der Waals surface area (Å²) < 4.78 is 0. The average molecular weight is 271 g/mol. The Labute approximate surface area is 112 Å². The molecule has 108 valence electrons. The summed E-state index contributed by atoms with van der Waals surface area (Å²) >= 11 is 0. The Morgan fingerprint density at radius 2 is 1.79 bits per heavy atom. The van der Waals surface area contributed by atoms with E-state index in [1.165, 1.54) is 6.92 Å². The average Bonchev–Trinajstić information content (AvgIpc) is 3.07. The van der Waals surface area contributed by atoms with Gasteiger partial charge in [0, 0.05) is 26.6 Å². The van der Waals surface area contributed by atoms with Crippen LogP contribution in [0.4, 0.5) is 0 Å². The number of carbonyl (C=O) groups is 3. The van der Waals surface area contributed by atoms with Crippen LogP contribution in [0.2, 0.25) is 0 Å². The van der Waals surface area contributed by atoms with Crippen LogP contribution in [-0.2, 0) is 14.4 Å². The van der Waals surface area contributed by atoms with E-state index in [0.29, 0.717) is 25.6 Å². The van der Waals surface area contributed by atoms with Gasteiger partial charge < -0.3 is 15.7 Å². The predicted molar refractivity (Wildman–Crippen MR) is 68.5 cm³/mol. The van der Waals surface area contributed by atoms with Gasteiger partial charge in [-0.1, -0.05) is 0 Å². The number of hydrogen-bond acceptors (Lipinski definition) is 4. The second-order valence-electron chi connectivity index (χ2n) is 4.84. The molecule has 1 fully saturated rings. The maximum atomic E-state index is 11.6. The van der Waals surface area contributed by atoms with E-state index in [-0.39, 0.29) is 24.9 Å². The zero-order valence-corrected chi connectivity index (χ0v) is 11.1. The normalized spacial score (nSPS) is 14.2. The van der Waals surface area contributed by atoms with E-state index in [2.05, 4.69) is 10.6 Å². The van der Waals surface area contributed by atoms with Crippen molar-refractivity contribution in [1.29, 1.82) is 0 Å². The van der Waals surface area contributed by atoms with Crippen LogP contribution in [0.3, 0.4) is 0 Å². The van der Waals surface area contributed by atoms with Gasteiger partial charge in [0.25, 0.3) is 0 Å². The molecule has 0 bridgehead atoms. The lowest BCUT2D eigenvalue weighted by atomic mass is 10.3. The highest BCUT2D eigenvalue weighted by atomic mass is 16.4. The molecule has 0 atom stereocenters. The molecular formula is C12H21N3O4. The smallest absolute Gasteiger partial charge is 0.317 e. The lowest BCUT2D eigenvalue weighted by Gasteiger charge is -2.19. The molecule has 0 aliphatic heterocycles.